The van der Waals surface area contributed by atoms with Gasteiger partial charge in [-0.2, -0.15) is 0 Å². The zero-order valence-corrected chi connectivity index (χ0v) is 13.3. The van der Waals surface area contributed by atoms with Crippen molar-refractivity contribution in [2.45, 2.75) is 4.90 Å². The van der Waals surface area contributed by atoms with Crippen LogP contribution in [0.5, 0.6) is 0 Å². The lowest BCUT2D eigenvalue weighted by molar-refractivity contribution is 0.586. The first kappa shape index (κ1) is 13.2. The Morgan fingerprint density at radius 3 is 2.68 bits per heavy atom. The molecule has 3 nitrogen and oxygen atoms in total. The Morgan fingerprint density at radius 2 is 1.95 bits per heavy atom. The van der Waals surface area contributed by atoms with Crippen LogP contribution in [-0.4, -0.2) is 13.5 Å². The second kappa shape index (κ2) is 5.32. The van der Waals surface area contributed by atoms with Crippen LogP contribution in [0.4, 0.5) is 0 Å². The zero-order chi connectivity index (χ0) is 13.4. The first-order valence-corrected chi connectivity index (χ1v) is 8.03. The topological polar surface area (TPSA) is 40.9 Å². The number of benzene rings is 1. The first-order chi connectivity index (χ1) is 9.18. The second-order valence-electron chi connectivity index (χ2n) is 3.85. The minimum atomic E-state index is -1.32. The van der Waals surface area contributed by atoms with Crippen LogP contribution < -0.4 is 0 Å². The van der Waals surface area contributed by atoms with Gasteiger partial charge in [-0.1, -0.05) is 29.8 Å². The van der Waals surface area contributed by atoms with Crippen molar-refractivity contribution in [2.24, 2.45) is 0 Å². The summed E-state index contributed by atoms with van der Waals surface area (Å²) in [6, 6.07) is 12.9. The fraction of sp³-hybridized carbons (Fsp3) is 0. The van der Waals surface area contributed by atoms with E-state index in [4.69, 9.17) is 11.6 Å². The lowest BCUT2D eigenvalue weighted by atomic mass is 10.3. The molecule has 3 rings (SSSR count). The molecule has 6 heteroatoms. The molecule has 1 atom stereocenters. The third-order valence-corrected chi connectivity index (χ3v) is 5.50. The molecule has 2 aromatic heterocycles. The summed E-state index contributed by atoms with van der Waals surface area (Å²) in [5, 5.41) is 1.43. The van der Waals surface area contributed by atoms with E-state index in [1.165, 1.54) is 0 Å². The minimum Gasteiger partial charge on any atom is -0.587 e. The minimum absolute atomic E-state index is 0.617. The predicted molar refractivity (Wildman–Crippen MR) is 85.7 cm³/mol. The monoisotopic (exact) mass is 402 g/mol. The Hall–Kier alpha value is -0.760. The lowest BCUT2D eigenvalue weighted by Crippen LogP contribution is -2.14. The Bertz CT molecular complexity index is 732. The van der Waals surface area contributed by atoms with Crippen molar-refractivity contribution < 1.29 is 4.55 Å². The lowest BCUT2D eigenvalue weighted by Gasteiger charge is -2.11. The normalized spacial score (nSPS) is 12.8. The molecule has 0 amide bonds. The Labute approximate surface area is 132 Å². The number of nitrogens with zero attached hydrogens (tertiary/aromatic N) is 2. The van der Waals surface area contributed by atoms with Gasteiger partial charge >= 0.3 is 0 Å². The van der Waals surface area contributed by atoms with Gasteiger partial charge in [0.1, 0.15) is 15.1 Å². The molecule has 1 aromatic carbocycles. The molecule has 0 saturated heterocycles. The molecule has 0 unspecified atom stereocenters. The summed E-state index contributed by atoms with van der Waals surface area (Å²) in [5.41, 5.74) is 0.638. The number of hydrogen-bond acceptors (Lipinski definition) is 2. The van der Waals surface area contributed by atoms with E-state index >= 15 is 0 Å². The highest BCUT2D eigenvalue weighted by atomic mass is 127. The highest BCUT2D eigenvalue weighted by Gasteiger charge is 2.22. The number of fused-ring (bicyclic) bond motifs is 1. The predicted octanol–water partition coefficient (Wildman–Crippen LogP) is 3.87. The van der Waals surface area contributed by atoms with Crippen molar-refractivity contribution in [3.05, 3.63) is 57.4 Å². The summed E-state index contributed by atoms with van der Waals surface area (Å²) in [5.74, 6) is 0. The van der Waals surface area contributed by atoms with Crippen LogP contribution in [0.2, 0.25) is 5.02 Å². The van der Waals surface area contributed by atoms with E-state index in [1.54, 1.807) is 16.2 Å². The largest absolute Gasteiger partial charge is 0.587 e. The maximum atomic E-state index is 12.6. The van der Waals surface area contributed by atoms with Gasteiger partial charge in [0.15, 0.2) is 10.5 Å². The maximum Gasteiger partial charge on any atom is 0.189 e. The van der Waals surface area contributed by atoms with E-state index in [0.717, 1.165) is 14.0 Å². The summed E-state index contributed by atoms with van der Waals surface area (Å²) in [6.45, 7) is 0. The van der Waals surface area contributed by atoms with Crippen LogP contribution in [0.15, 0.2) is 53.6 Å². The summed E-state index contributed by atoms with van der Waals surface area (Å²) < 4.78 is 15.2. The molecule has 3 aromatic rings. The maximum absolute atomic E-state index is 12.6. The van der Waals surface area contributed by atoms with Gasteiger partial charge in [-0.05, 0) is 46.9 Å². The highest BCUT2D eigenvalue weighted by molar-refractivity contribution is 14.1. The average Bonchev–Trinajstić information content (AvgIpc) is 2.77. The molecule has 0 spiro atoms. The number of halogens is 2. The summed E-state index contributed by atoms with van der Waals surface area (Å²) in [4.78, 5) is 5.03. The highest BCUT2D eigenvalue weighted by Crippen LogP contribution is 2.29. The molecule has 96 valence electrons. The van der Waals surface area contributed by atoms with E-state index in [2.05, 4.69) is 27.6 Å². The van der Waals surface area contributed by atoms with Crippen molar-refractivity contribution in [1.82, 2.24) is 8.96 Å². The van der Waals surface area contributed by atoms with Gasteiger partial charge in [0.25, 0.3) is 0 Å². The molecule has 0 radical (unpaired) electrons. The van der Waals surface area contributed by atoms with Crippen LogP contribution in [-0.2, 0) is 11.4 Å². The number of rotatable bonds is 2. The SMILES string of the molecule is [O-][S@@+](c1ccccc1)n1c(I)cc2c(Cl)ccnc21. The summed E-state index contributed by atoms with van der Waals surface area (Å²) in [7, 11) is 0. The molecule has 19 heavy (non-hydrogen) atoms. The van der Waals surface area contributed by atoms with Crippen molar-refractivity contribution in [3.8, 4) is 0 Å². The van der Waals surface area contributed by atoms with Crippen molar-refractivity contribution >= 4 is 56.6 Å². The Morgan fingerprint density at radius 1 is 1.21 bits per heavy atom. The molecular weight excluding hydrogens is 395 g/mol. The van der Waals surface area contributed by atoms with Crippen LogP contribution >= 0.6 is 34.2 Å². The molecule has 0 bridgehead atoms. The van der Waals surface area contributed by atoms with Crippen LogP contribution in [0, 0.1) is 3.70 Å². The fourth-order valence-electron chi connectivity index (χ4n) is 1.81. The van der Waals surface area contributed by atoms with Gasteiger partial charge in [0.2, 0.25) is 0 Å². The van der Waals surface area contributed by atoms with Gasteiger partial charge in [-0.25, -0.2) is 4.98 Å². The van der Waals surface area contributed by atoms with Gasteiger partial charge in [0, 0.05) is 11.6 Å². The quantitative estimate of drug-likeness (QED) is 0.482. The Kier molecular flexibility index (Phi) is 3.70. The molecule has 2 heterocycles. The molecule has 0 aliphatic rings. The van der Waals surface area contributed by atoms with E-state index < -0.39 is 11.4 Å². The number of hydrogen-bond donors (Lipinski definition) is 0. The number of pyridine rings is 1. The zero-order valence-electron chi connectivity index (χ0n) is 9.59. The van der Waals surface area contributed by atoms with Gasteiger partial charge in [-0.3, -0.25) is 0 Å². The molecule has 0 saturated carbocycles. The molecule has 0 fully saturated rings. The van der Waals surface area contributed by atoms with Crippen LogP contribution in [0.3, 0.4) is 0 Å². The van der Waals surface area contributed by atoms with Crippen LogP contribution in [0.1, 0.15) is 0 Å². The molecule has 0 N–H and O–H groups in total. The third-order valence-electron chi connectivity index (χ3n) is 2.68. The third kappa shape index (κ3) is 2.35. The van der Waals surface area contributed by atoms with Gasteiger partial charge in [-0.15, -0.1) is 3.97 Å². The van der Waals surface area contributed by atoms with Crippen molar-refractivity contribution in [3.63, 3.8) is 0 Å². The Balaban J connectivity index is 2.20. The van der Waals surface area contributed by atoms with E-state index in [9.17, 15) is 4.55 Å². The van der Waals surface area contributed by atoms with E-state index in [1.807, 2.05) is 36.4 Å². The molecule has 0 aliphatic carbocycles. The van der Waals surface area contributed by atoms with Gasteiger partial charge in [0.05, 0.1) is 5.02 Å². The standard InChI is InChI=1S/C13H8ClIN2OS/c14-11-6-7-16-13-10(11)8-12(15)17(13)19(18)9-4-2-1-3-5-9/h1-8H/t19-/m0/s1. The second-order valence-corrected chi connectivity index (χ2v) is 6.70. The molecule has 0 aliphatic heterocycles. The van der Waals surface area contributed by atoms with E-state index in [-0.39, 0.29) is 0 Å². The summed E-state index contributed by atoms with van der Waals surface area (Å²) >= 11 is 6.96. The summed E-state index contributed by atoms with van der Waals surface area (Å²) in [6.07, 6.45) is 1.62. The van der Waals surface area contributed by atoms with E-state index in [0.29, 0.717) is 10.7 Å². The average molecular weight is 403 g/mol. The van der Waals surface area contributed by atoms with Crippen molar-refractivity contribution in [2.75, 3.05) is 0 Å². The van der Waals surface area contributed by atoms with Crippen LogP contribution in [0.25, 0.3) is 11.0 Å². The smallest absolute Gasteiger partial charge is 0.189 e. The molecular formula is C13H8ClIN2OS. The van der Waals surface area contributed by atoms with Gasteiger partial charge < -0.3 is 4.55 Å². The fourth-order valence-corrected chi connectivity index (χ4v) is 4.20. The number of aromatic nitrogens is 2. The van der Waals surface area contributed by atoms with Crippen molar-refractivity contribution in [1.29, 1.82) is 0 Å². The first-order valence-electron chi connectivity index (χ1n) is 5.47.